The van der Waals surface area contributed by atoms with Crippen molar-refractivity contribution in [3.8, 4) is 0 Å². The molecule has 0 unspecified atom stereocenters. The molecule has 1 aromatic heterocycles. The molecule has 0 saturated heterocycles. The van der Waals surface area contributed by atoms with Crippen molar-refractivity contribution in [2.45, 2.75) is 20.3 Å². The van der Waals surface area contributed by atoms with Crippen LogP contribution in [-0.2, 0) is 16.0 Å². The van der Waals surface area contributed by atoms with Crippen molar-refractivity contribution in [2.75, 3.05) is 12.3 Å². The lowest BCUT2D eigenvalue weighted by Gasteiger charge is -1.96. The number of carbonyl (C=O) groups excluding carboxylic acids is 1. The molecular weight excluding hydrogens is 242 g/mol. The van der Waals surface area contributed by atoms with Gasteiger partial charge in [0.1, 0.15) is 5.76 Å². The fourth-order valence-electron chi connectivity index (χ4n) is 2.00. The van der Waals surface area contributed by atoms with E-state index >= 15 is 0 Å². The van der Waals surface area contributed by atoms with Crippen LogP contribution in [-0.4, -0.2) is 12.6 Å². The fraction of sp³-hybridized carbons (Fsp3) is 0.267. The summed E-state index contributed by atoms with van der Waals surface area (Å²) in [6.07, 6.45) is 3.87. The molecule has 0 bridgehead atoms. The van der Waals surface area contributed by atoms with Crippen LogP contribution in [0, 0.1) is 0 Å². The lowest BCUT2D eigenvalue weighted by atomic mass is 10.1. The second-order valence-corrected chi connectivity index (χ2v) is 4.10. The van der Waals surface area contributed by atoms with Gasteiger partial charge < -0.3 is 14.9 Å². The van der Waals surface area contributed by atoms with Crippen LogP contribution in [0.2, 0.25) is 0 Å². The van der Waals surface area contributed by atoms with E-state index in [-0.39, 0.29) is 5.97 Å². The number of esters is 1. The van der Waals surface area contributed by atoms with E-state index < -0.39 is 0 Å². The molecule has 0 aliphatic heterocycles. The molecule has 0 fully saturated rings. The lowest BCUT2D eigenvalue weighted by molar-refractivity contribution is -0.137. The Kier molecular flexibility index (Phi) is 3.90. The highest BCUT2D eigenvalue weighted by Crippen LogP contribution is 2.31. The largest absolute Gasteiger partial charge is 0.463 e. The van der Waals surface area contributed by atoms with Gasteiger partial charge in [-0.15, -0.1) is 0 Å². The third-order valence-corrected chi connectivity index (χ3v) is 2.86. The first-order valence-corrected chi connectivity index (χ1v) is 6.32. The number of hydrogen-bond donors (Lipinski definition) is 1. The second-order valence-electron chi connectivity index (χ2n) is 4.10. The van der Waals surface area contributed by atoms with E-state index in [0.717, 1.165) is 23.1 Å². The van der Waals surface area contributed by atoms with Crippen LogP contribution < -0.4 is 5.73 Å². The summed E-state index contributed by atoms with van der Waals surface area (Å²) in [5.41, 5.74) is 8.04. The Morgan fingerprint density at radius 2 is 2.21 bits per heavy atom. The zero-order chi connectivity index (χ0) is 13.8. The summed E-state index contributed by atoms with van der Waals surface area (Å²) in [5, 5.41) is 0.914. The van der Waals surface area contributed by atoms with E-state index in [2.05, 4.69) is 0 Å². The van der Waals surface area contributed by atoms with Gasteiger partial charge in [0.2, 0.25) is 0 Å². The average molecular weight is 259 g/mol. The molecule has 1 heterocycles. The third-order valence-electron chi connectivity index (χ3n) is 2.86. The Hall–Kier alpha value is -2.23. The molecule has 0 aliphatic rings. The number of furan rings is 1. The highest BCUT2D eigenvalue weighted by atomic mass is 16.5. The molecule has 4 nitrogen and oxygen atoms in total. The van der Waals surface area contributed by atoms with Crippen LogP contribution >= 0.6 is 0 Å². The normalized spacial score (nSPS) is 11.3. The summed E-state index contributed by atoms with van der Waals surface area (Å²) in [6.45, 7) is 4.13. The average Bonchev–Trinajstić information content (AvgIpc) is 2.76. The van der Waals surface area contributed by atoms with Gasteiger partial charge in [-0.1, -0.05) is 19.1 Å². The standard InChI is InChI=1S/C15H17NO3/c1-3-13-10(8-9-14(17)18-4-2)11-6-5-7-12(16)15(11)19-13/h5-9H,3-4,16H2,1-2H3/b9-8+. The van der Waals surface area contributed by atoms with Crippen LogP contribution in [0.3, 0.4) is 0 Å². The molecule has 19 heavy (non-hydrogen) atoms. The van der Waals surface area contributed by atoms with Crippen LogP contribution in [0.5, 0.6) is 0 Å². The maximum Gasteiger partial charge on any atom is 0.330 e. The Bertz CT molecular complexity index is 626. The minimum atomic E-state index is -0.359. The van der Waals surface area contributed by atoms with E-state index in [4.69, 9.17) is 14.9 Å². The van der Waals surface area contributed by atoms with Gasteiger partial charge >= 0.3 is 5.97 Å². The number of para-hydroxylation sites is 1. The van der Waals surface area contributed by atoms with E-state index in [1.165, 1.54) is 6.08 Å². The number of nitrogens with two attached hydrogens (primary N) is 1. The predicted molar refractivity (Wildman–Crippen MR) is 75.7 cm³/mol. The molecule has 0 atom stereocenters. The van der Waals surface area contributed by atoms with E-state index in [0.29, 0.717) is 17.9 Å². The summed E-state index contributed by atoms with van der Waals surface area (Å²) in [4.78, 5) is 11.4. The Balaban J connectivity index is 2.46. The number of carbonyl (C=O) groups is 1. The van der Waals surface area contributed by atoms with Gasteiger partial charge in [-0.3, -0.25) is 0 Å². The maximum absolute atomic E-state index is 11.4. The number of hydrogen-bond acceptors (Lipinski definition) is 4. The predicted octanol–water partition coefficient (Wildman–Crippen LogP) is 3.15. The summed E-state index contributed by atoms with van der Waals surface area (Å²) >= 11 is 0. The first-order chi connectivity index (χ1) is 9.17. The van der Waals surface area contributed by atoms with Gasteiger partial charge in [0.15, 0.2) is 5.58 Å². The fourth-order valence-corrected chi connectivity index (χ4v) is 2.00. The molecule has 0 spiro atoms. The van der Waals surface area contributed by atoms with Crippen molar-refractivity contribution < 1.29 is 13.9 Å². The number of ether oxygens (including phenoxy) is 1. The molecule has 2 aromatic rings. The topological polar surface area (TPSA) is 65.5 Å². The van der Waals surface area contributed by atoms with Gasteiger partial charge in [0.25, 0.3) is 0 Å². The van der Waals surface area contributed by atoms with E-state index in [9.17, 15) is 4.79 Å². The minimum absolute atomic E-state index is 0.359. The van der Waals surface area contributed by atoms with Crippen molar-refractivity contribution in [1.82, 2.24) is 0 Å². The zero-order valence-electron chi connectivity index (χ0n) is 11.1. The second kappa shape index (κ2) is 5.61. The van der Waals surface area contributed by atoms with E-state index in [1.807, 2.05) is 19.1 Å². The maximum atomic E-state index is 11.4. The highest BCUT2D eigenvalue weighted by Gasteiger charge is 2.12. The van der Waals surface area contributed by atoms with Crippen molar-refractivity contribution in [3.05, 3.63) is 35.6 Å². The first kappa shape index (κ1) is 13.2. The van der Waals surface area contributed by atoms with Gasteiger partial charge in [-0.2, -0.15) is 0 Å². The molecule has 2 rings (SSSR count). The van der Waals surface area contributed by atoms with Gasteiger partial charge in [0, 0.05) is 23.4 Å². The molecule has 100 valence electrons. The minimum Gasteiger partial charge on any atom is -0.463 e. The summed E-state index contributed by atoms with van der Waals surface area (Å²) in [7, 11) is 0. The number of aryl methyl sites for hydroxylation is 1. The lowest BCUT2D eigenvalue weighted by Crippen LogP contribution is -1.98. The SMILES string of the molecule is CCOC(=O)/C=C/c1c(CC)oc2c(N)cccc12. The molecule has 0 amide bonds. The van der Waals surface area contributed by atoms with Crippen LogP contribution in [0.15, 0.2) is 28.7 Å². The number of benzene rings is 1. The first-order valence-electron chi connectivity index (χ1n) is 6.32. The third kappa shape index (κ3) is 2.62. The number of anilines is 1. The van der Waals surface area contributed by atoms with Crippen LogP contribution in [0.25, 0.3) is 17.0 Å². The van der Waals surface area contributed by atoms with Crippen molar-refractivity contribution >= 4 is 28.7 Å². The van der Waals surface area contributed by atoms with E-state index in [1.54, 1.807) is 19.1 Å². The van der Waals surface area contributed by atoms with Gasteiger partial charge in [-0.25, -0.2) is 4.79 Å². The molecule has 0 radical (unpaired) electrons. The number of nitrogen functional groups attached to an aromatic ring is 1. The van der Waals surface area contributed by atoms with Gasteiger partial charge in [0.05, 0.1) is 12.3 Å². The quantitative estimate of drug-likeness (QED) is 0.520. The van der Waals surface area contributed by atoms with Crippen LogP contribution in [0.1, 0.15) is 25.2 Å². The summed E-state index contributed by atoms with van der Waals surface area (Å²) in [5.74, 6) is 0.455. The van der Waals surface area contributed by atoms with Crippen molar-refractivity contribution in [1.29, 1.82) is 0 Å². The monoisotopic (exact) mass is 259 g/mol. The van der Waals surface area contributed by atoms with Crippen LogP contribution in [0.4, 0.5) is 5.69 Å². The van der Waals surface area contributed by atoms with Crippen molar-refractivity contribution in [2.24, 2.45) is 0 Å². The molecule has 0 aliphatic carbocycles. The molecule has 1 aromatic carbocycles. The molecular formula is C15H17NO3. The number of fused-ring (bicyclic) bond motifs is 1. The molecule has 0 saturated carbocycles. The summed E-state index contributed by atoms with van der Waals surface area (Å²) < 4.78 is 10.6. The molecule has 2 N–H and O–H groups in total. The Morgan fingerprint density at radius 1 is 1.42 bits per heavy atom. The smallest absolute Gasteiger partial charge is 0.330 e. The summed E-state index contributed by atoms with van der Waals surface area (Å²) in [6, 6.07) is 5.59. The van der Waals surface area contributed by atoms with Crippen molar-refractivity contribution in [3.63, 3.8) is 0 Å². The Morgan fingerprint density at radius 3 is 2.89 bits per heavy atom. The highest BCUT2D eigenvalue weighted by molar-refractivity contribution is 5.98. The van der Waals surface area contributed by atoms with Gasteiger partial charge in [-0.05, 0) is 19.1 Å². The molecule has 4 heteroatoms. The Labute approximate surface area is 111 Å². The number of rotatable bonds is 4. The zero-order valence-corrected chi connectivity index (χ0v) is 11.1.